The lowest BCUT2D eigenvalue weighted by Gasteiger charge is -2.24. The SMILES string of the molecule is Cc1ccc(NC(=O)CO/N=C(\N)C(CC(C)C)NC(=O)OC(C)(C)C)cc1. The van der Waals surface area contributed by atoms with E-state index in [-0.39, 0.29) is 24.3 Å². The lowest BCUT2D eigenvalue weighted by molar-refractivity contribution is -0.120. The Labute approximate surface area is 166 Å². The average molecular weight is 393 g/mol. The minimum absolute atomic E-state index is 0.0719. The van der Waals surface area contributed by atoms with Crippen LogP contribution in [0.2, 0.25) is 0 Å². The predicted octanol–water partition coefficient (Wildman–Crippen LogP) is 3.16. The van der Waals surface area contributed by atoms with E-state index < -0.39 is 17.7 Å². The van der Waals surface area contributed by atoms with Crippen LogP contribution in [-0.4, -0.2) is 36.1 Å². The number of nitrogens with one attached hydrogen (secondary N) is 2. The second kappa shape index (κ2) is 10.5. The van der Waals surface area contributed by atoms with Gasteiger partial charge < -0.3 is 25.9 Å². The summed E-state index contributed by atoms with van der Waals surface area (Å²) in [4.78, 5) is 29.0. The van der Waals surface area contributed by atoms with Crippen LogP contribution >= 0.6 is 0 Å². The van der Waals surface area contributed by atoms with Gasteiger partial charge in [-0.15, -0.1) is 0 Å². The van der Waals surface area contributed by atoms with Gasteiger partial charge in [0, 0.05) is 5.69 Å². The summed E-state index contributed by atoms with van der Waals surface area (Å²) in [6.45, 7) is 11.0. The minimum Gasteiger partial charge on any atom is -0.444 e. The lowest BCUT2D eigenvalue weighted by Crippen LogP contribution is -2.47. The molecule has 0 radical (unpaired) electrons. The van der Waals surface area contributed by atoms with Crippen LogP contribution in [0.25, 0.3) is 0 Å². The quantitative estimate of drug-likeness (QED) is 0.357. The first kappa shape index (κ1) is 23.3. The van der Waals surface area contributed by atoms with E-state index in [1.165, 1.54) is 0 Å². The molecule has 0 saturated heterocycles. The number of aryl methyl sites for hydroxylation is 1. The Kier molecular flexibility index (Phi) is 8.76. The maximum atomic E-state index is 12.0. The molecular formula is C20H32N4O4. The van der Waals surface area contributed by atoms with Gasteiger partial charge in [-0.3, -0.25) is 4.79 Å². The number of amides is 2. The first-order chi connectivity index (χ1) is 13.0. The van der Waals surface area contributed by atoms with E-state index in [1.807, 2.05) is 32.9 Å². The standard InChI is InChI=1S/C20H32N4O4/c1-13(2)11-16(23-19(26)28-20(4,5)6)18(21)24-27-12-17(25)22-15-9-7-14(3)8-10-15/h7-10,13,16H,11-12H2,1-6H3,(H2,21,24)(H,22,25)(H,23,26). The van der Waals surface area contributed by atoms with Crippen LogP contribution in [0.1, 0.15) is 46.6 Å². The highest BCUT2D eigenvalue weighted by Crippen LogP contribution is 2.10. The van der Waals surface area contributed by atoms with Gasteiger partial charge in [-0.1, -0.05) is 36.7 Å². The fraction of sp³-hybridized carbons (Fsp3) is 0.550. The summed E-state index contributed by atoms with van der Waals surface area (Å²) in [6.07, 6.45) is -0.0403. The minimum atomic E-state index is -0.622. The average Bonchev–Trinajstić information content (AvgIpc) is 2.54. The smallest absolute Gasteiger partial charge is 0.408 e. The molecule has 28 heavy (non-hydrogen) atoms. The number of carbonyl (C=O) groups is 2. The highest BCUT2D eigenvalue weighted by molar-refractivity contribution is 5.92. The molecule has 1 aromatic rings. The predicted molar refractivity (Wildman–Crippen MR) is 110 cm³/mol. The van der Waals surface area contributed by atoms with Crippen molar-refractivity contribution in [3.05, 3.63) is 29.8 Å². The maximum Gasteiger partial charge on any atom is 0.408 e. The van der Waals surface area contributed by atoms with E-state index >= 15 is 0 Å². The number of oxime groups is 1. The van der Waals surface area contributed by atoms with Crippen LogP contribution in [0.5, 0.6) is 0 Å². The fourth-order valence-corrected chi connectivity index (χ4v) is 2.24. The van der Waals surface area contributed by atoms with Crippen LogP contribution in [0.15, 0.2) is 29.4 Å². The van der Waals surface area contributed by atoms with Crippen molar-refractivity contribution in [3.63, 3.8) is 0 Å². The molecule has 0 aromatic heterocycles. The van der Waals surface area contributed by atoms with Crippen molar-refractivity contribution in [1.82, 2.24) is 5.32 Å². The van der Waals surface area contributed by atoms with Gasteiger partial charge in [-0.05, 0) is 52.2 Å². The van der Waals surface area contributed by atoms with Crippen molar-refractivity contribution in [2.45, 2.75) is 59.6 Å². The summed E-state index contributed by atoms with van der Waals surface area (Å²) in [5, 5.41) is 9.18. The van der Waals surface area contributed by atoms with Gasteiger partial charge in [0.15, 0.2) is 12.4 Å². The zero-order valence-corrected chi connectivity index (χ0v) is 17.5. The van der Waals surface area contributed by atoms with Crippen molar-refractivity contribution in [3.8, 4) is 0 Å². The molecule has 0 saturated carbocycles. The number of alkyl carbamates (subject to hydrolysis) is 1. The van der Waals surface area contributed by atoms with Crippen LogP contribution in [-0.2, 0) is 14.4 Å². The molecule has 156 valence electrons. The third-order valence-electron chi connectivity index (χ3n) is 3.46. The molecular weight excluding hydrogens is 360 g/mol. The zero-order chi connectivity index (χ0) is 21.3. The van der Waals surface area contributed by atoms with E-state index in [4.69, 9.17) is 15.3 Å². The van der Waals surface area contributed by atoms with Gasteiger partial charge in [0.2, 0.25) is 0 Å². The topological polar surface area (TPSA) is 115 Å². The summed E-state index contributed by atoms with van der Waals surface area (Å²) >= 11 is 0. The highest BCUT2D eigenvalue weighted by Gasteiger charge is 2.23. The fourth-order valence-electron chi connectivity index (χ4n) is 2.24. The number of rotatable bonds is 8. The molecule has 0 heterocycles. The normalized spacial score (nSPS) is 13.0. The van der Waals surface area contributed by atoms with Gasteiger partial charge in [-0.2, -0.15) is 0 Å². The molecule has 0 bridgehead atoms. The van der Waals surface area contributed by atoms with Crippen LogP contribution < -0.4 is 16.4 Å². The third kappa shape index (κ3) is 9.80. The summed E-state index contributed by atoms with van der Waals surface area (Å²) in [5.74, 6) is -0.0397. The summed E-state index contributed by atoms with van der Waals surface area (Å²) in [6, 6.07) is 6.83. The monoisotopic (exact) mass is 392 g/mol. The Morgan fingerprint density at radius 3 is 2.32 bits per heavy atom. The summed E-state index contributed by atoms with van der Waals surface area (Å²) < 4.78 is 5.25. The first-order valence-corrected chi connectivity index (χ1v) is 9.27. The zero-order valence-electron chi connectivity index (χ0n) is 17.5. The summed E-state index contributed by atoms with van der Waals surface area (Å²) in [5.41, 5.74) is 7.10. The number of carbonyl (C=O) groups excluding carboxylic acids is 2. The number of nitrogens with zero attached hydrogens (tertiary/aromatic N) is 1. The third-order valence-corrected chi connectivity index (χ3v) is 3.46. The number of hydrogen-bond acceptors (Lipinski definition) is 5. The van der Waals surface area contributed by atoms with Gasteiger partial charge >= 0.3 is 6.09 Å². The van der Waals surface area contributed by atoms with E-state index in [0.717, 1.165) is 5.56 Å². The van der Waals surface area contributed by atoms with Gasteiger partial charge in [-0.25, -0.2) is 4.79 Å². The molecule has 2 amide bonds. The molecule has 0 spiro atoms. The van der Waals surface area contributed by atoms with Gasteiger partial charge in [0.05, 0.1) is 6.04 Å². The van der Waals surface area contributed by atoms with E-state index in [1.54, 1.807) is 32.9 Å². The van der Waals surface area contributed by atoms with Gasteiger partial charge in [0.25, 0.3) is 5.91 Å². The van der Waals surface area contributed by atoms with Crippen molar-refractivity contribution >= 4 is 23.5 Å². The molecule has 0 aliphatic rings. The molecule has 1 atom stereocenters. The number of ether oxygens (including phenoxy) is 1. The van der Waals surface area contributed by atoms with Crippen LogP contribution in [0.3, 0.4) is 0 Å². The second-order valence-electron chi connectivity index (χ2n) is 8.03. The molecule has 8 heteroatoms. The number of nitrogens with two attached hydrogens (primary N) is 1. The van der Waals surface area contributed by atoms with Crippen molar-refractivity contribution in [2.24, 2.45) is 16.8 Å². The molecule has 0 aliphatic carbocycles. The molecule has 0 fully saturated rings. The number of hydrogen-bond donors (Lipinski definition) is 3. The Hall–Kier alpha value is -2.77. The number of benzene rings is 1. The van der Waals surface area contributed by atoms with Crippen molar-refractivity contribution in [2.75, 3.05) is 11.9 Å². The molecule has 1 aromatic carbocycles. The summed E-state index contributed by atoms with van der Waals surface area (Å²) in [7, 11) is 0. The Bertz CT molecular complexity index is 678. The molecule has 1 unspecified atom stereocenters. The molecule has 0 aliphatic heterocycles. The van der Waals surface area contributed by atoms with Crippen LogP contribution in [0.4, 0.5) is 10.5 Å². The largest absolute Gasteiger partial charge is 0.444 e. The Balaban J connectivity index is 2.60. The first-order valence-electron chi connectivity index (χ1n) is 9.27. The number of anilines is 1. The number of amidine groups is 1. The van der Waals surface area contributed by atoms with Crippen molar-refractivity contribution < 1.29 is 19.2 Å². The van der Waals surface area contributed by atoms with Crippen LogP contribution in [0, 0.1) is 12.8 Å². The Morgan fingerprint density at radius 1 is 1.18 bits per heavy atom. The van der Waals surface area contributed by atoms with Crippen molar-refractivity contribution in [1.29, 1.82) is 0 Å². The lowest BCUT2D eigenvalue weighted by atomic mass is 10.0. The maximum absolute atomic E-state index is 12.0. The van der Waals surface area contributed by atoms with E-state index in [9.17, 15) is 9.59 Å². The highest BCUT2D eigenvalue weighted by atomic mass is 16.6. The molecule has 1 rings (SSSR count). The Morgan fingerprint density at radius 2 is 1.79 bits per heavy atom. The van der Waals surface area contributed by atoms with E-state index in [2.05, 4.69) is 15.8 Å². The molecule has 4 N–H and O–H groups in total. The molecule has 8 nitrogen and oxygen atoms in total. The van der Waals surface area contributed by atoms with E-state index in [0.29, 0.717) is 12.1 Å². The second-order valence-corrected chi connectivity index (χ2v) is 8.03. The van der Waals surface area contributed by atoms with Gasteiger partial charge in [0.1, 0.15) is 5.60 Å².